The third kappa shape index (κ3) is 2.11. The van der Waals surface area contributed by atoms with Crippen molar-refractivity contribution in [1.82, 2.24) is 4.90 Å². The summed E-state index contributed by atoms with van der Waals surface area (Å²) < 4.78 is 0. The van der Waals surface area contributed by atoms with Crippen molar-refractivity contribution in [3.63, 3.8) is 0 Å². The number of benzene rings is 1. The number of piperidine rings is 1. The molecule has 1 saturated heterocycles. The minimum Gasteiger partial charge on any atom is -0.369 e. The van der Waals surface area contributed by atoms with Crippen LogP contribution in [0.15, 0.2) is 24.3 Å². The third-order valence-corrected chi connectivity index (χ3v) is 4.36. The number of amides is 2. The van der Waals surface area contributed by atoms with Crippen LogP contribution in [-0.4, -0.2) is 29.3 Å². The summed E-state index contributed by atoms with van der Waals surface area (Å²) in [6, 6.07) is 8.04. The van der Waals surface area contributed by atoms with Crippen LogP contribution in [0.4, 0.5) is 0 Å². The number of primary amides is 1. The van der Waals surface area contributed by atoms with Gasteiger partial charge >= 0.3 is 0 Å². The minimum absolute atomic E-state index is 0.0593. The normalized spacial score (nSPS) is 26.3. The molecule has 100 valence electrons. The summed E-state index contributed by atoms with van der Waals surface area (Å²) in [5, 5.41) is 0. The topological polar surface area (TPSA) is 63.4 Å². The molecule has 4 heteroatoms. The van der Waals surface area contributed by atoms with Crippen molar-refractivity contribution in [1.29, 1.82) is 0 Å². The molecule has 0 unspecified atom stereocenters. The lowest BCUT2D eigenvalue weighted by Gasteiger charge is -2.37. The molecule has 1 aromatic carbocycles. The van der Waals surface area contributed by atoms with Gasteiger partial charge in [0.05, 0.1) is 5.92 Å². The van der Waals surface area contributed by atoms with E-state index < -0.39 is 0 Å². The predicted molar refractivity (Wildman–Crippen MR) is 71.5 cm³/mol. The Labute approximate surface area is 112 Å². The van der Waals surface area contributed by atoms with Gasteiger partial charge in [-0.05, 0) is 37.3 Å². The minimum atomic E-state index is -0.288. The van der Waals surface area contributed by atoms with Crippen LogP contribution < -0.4 is 5.73 Å². The third-order valence-electron chi connectivity index (χ3n) is 4.36. The lowest BCUT2D eigenvalue weighted by Crippen LogP contribution is -2.49. The molecule has 2 heterocycles. The van der Waals surface area contributed by atoms with Gasteiger partial charge in [-0.1, -0.05) is 18.2 Å². The fourth-order valence-electron chi connectivity index (χ4n) is 3.23. The Bertz CT molecular complexity index is 527. The zero-order valence-corrected chi connectivity index (χ0v) is 10.8. The molecule has 0 radical (unpaired) electrons. The number of fused-ring (bicyclic) bond motifs is 2. The van der Waals surface area contributed by atoms with Crippen molar-refractivity contribution in [3.05, 3.63) is 35.4 Å². The fourth-order valence-corrected chi connectivity index (χ4v) is 3.23. The molecule has 0 bridgehead atoms. The van der Waals surface area contributed by atoms with Crippen molar-refractivity contribution >= 4 is 11.8 Å². The van der Waals surface area contributed by atoms with Crippen molar-refractivity contribution in [2.45, 2.75) is 31.7 Å². The zero-order valence-electron chi connectivity index (χ0n) is 10.8. The molecule has 0 aromatic heterocycles. The van der Waals surface area contributed by atoms with Gasteiger partial charge in [-0.25, -0.2) is 0 Å². The number of aryl methyl sites for hydroxylation is 1. The van der Waals surface area contributed by atoms with Gasteiger partial charge in [0.2, 0.25) is 5.91 Å². The number of carbonyl (C=O) groups excluding carboxylic acids is 2. The summed E-state index contributed by atoms with van der Waals surface area (Å²) >= 11 is 0. The fraction of sp³-hybridized carbons (Fsp3) is 0.467. The van der Waals surface area contributed by atoms with Crippen LogP contribution in [0.5, 0.6) is 0 Å². The SMILES string of the molecule is NC(=O)[C@@H]1CC[C@H]2CCc3ccccc3C(=O)N2C1. The Hall–Kier alpha value is -1.84. The highest BCUT2D eigenvalue weighted by atomic mass is 16.2. The molecular weight excluding hydrogens is 240 g/mol. The summed E-state index contributed by atoms with van der Waals surface area (Å²) in [5.74, 6) is -0.418. The van der Waals surface area contributed by atoms with Gasteiger partial charge in [0.15, 0.2) is 0 Å². The van der Waals surface area contributed by atoms with Gasteiger partial charge in [-0.3, -0.25) is 9.59 Å². The lowest BCUT2D eigenvalue weighted by molar-refractivity contribution is -0.123. The summed E-state index contributed by atoms with van der Waals surface area (Å²) in [7, 11) is 0. The molecule has 1 aromatic rings. The van der Waals surface area contributed by atoms with Crippen LogP contribution >= 0.6 is 0 Å². The van der Waals surface area contributed by atoms with Crippen molar-refractivity contribution in [2.24, 2.45) is 11.7 Å². The smallest absolute Gasteiger partial charge is 0.254 e. The van der Waals surface area contributed by atoms with Gasteiger partial charge in [0.1, 0.15) is 0 Å². The van der Waals surface area contributed by atoms with Crippen LogP contribution in [0.3, 0.4) is 0 Å². The number of nitrogens with two attached hydrogens (primary N) is 1. The molecule has 2 atom stereocenters. The molecule has 0 saturated carbocycles. The summed E-state index contributed by atoms with van der Waals surface area (Å²) in [5.41, 5.74) is 7.30. The highest BCUT2D eigenvalue weighted by Gasteiger charge is 2.36. The maximum absolute atomic E-state index is 12.6. The molecule has 4 nitrogen and oxygen atoms in total. The average molecular weight is 258 g/mol. The van der Waals surface area contributed by atoms with Crippen molar-refractivity contribution < 1.29 is 9.59 Å². The van der Waals surface area contributed by atoms with Gasteiger partial charge in [0.25, 0.3) is 5.91 Å². The van der Waals surface area contributed by atoms with E-state index in [2.05, 4.69) is 0 Å². The molecule has 0 aliphatic carbocycles. The summed E-state index contributed by atoms with van der Waals surface area (Å²) in [4.78, 5) is 25.8. The summed E-state index contributed by atoms with van der Waals surface area (Å²) in [6.45, 7) is 0.479. The summed E-state index contributed by atoms with van der Waals surface area (Å²) in [6.07, 6.45) is 3.60. The number of rotatable bonds is 1. The van der Waals surface area contributed by atoms with Gasteiger partial charge in [-0.2, -0.15) is 0 Å². The van der Waals surface area contributed by atoms with E-state index in [1.807, 2.05) is 29.2 Å². The van der Waals surface area contributed by atoms with E-state index in [1.165, 1.54) is 0 Å². The van der Waals surface area contributed by atoms with Gasteiger partial charge in [-0.15, -0.1) is 0 Å². The Kier molecular flexibility index (Phi) is 3.01. The first-order valence-electron chi connectivity index (χ1n) is 6.85. The zero-order chi connectivity index (χ0) is 13.4. The molecule has 2 aliphatic rings. The van der Waals surface area contributed by atoms with Gasteiger partial charge < -0.3 is 10.6 Å². The van der Waals surface area contributed by atoms with Crippen LogP contribution in [0.1, 0.15) is 35.2 Å². The maximum Gasteiger partial charge on any atom is 0.254 e. The quantitative estimate of drug-likeness (QED) is 0.826. The molecule has 2 N–H and O–H groups in total. The number of carbonyl (C=O) groups is 2. The monoisotopic (exact) mass is 258 g/mol. The van der Waals surface area contributed by atoms with Crippen LogP contribution in [0.25, 0.3) is 0 Å². The Morgan fingerprint density at radius 2 is 2.00 bits per heavy atom. The standard InChI is InChI=1S/C15H18N2O2/c16-14(18)11-6-8-12-7-5-10-3-1-2-4-13(10)15(19)17(12)9-11/h1-4,11-12H,5-9H2,(H2,16,18)/t11-,12-/m1/s1. The largest absolute Gasteiger partial charge is 0.369 e. The Balaban J connectivity index is 1.92. The number of hydrogen-bond donors (Lipinski definition) is 1. The van der Waals surface area contributed by atoms with Gasteiger partial charge in [0, 0.05) is 18.2 Å². The first-order chi connectivity index (χ1) is 9.16. The first-order valence-corrected chi connectivity index (χ1v) is 6.85. The number of hydrogen-bond acceptors (Lipinski definition) is 2. The van der Waals surface area contributed by atoms with E-state index in [4.69, 9.17) is 5.73 Å². The highest BCUT2D eigenvalue weighted by molar-refractivity contribution is 5.96. The first kappa shape index (κ1) is 12.2. The highest BCUT2D eigenvalue weighted by Crippen LogP contribution is 2.30. The van der Waals surface area contributed by atoms with E-state index in [0.29, 0.717) is 6.54 Å². The van der Waals surface area contributed by atoms with E-state index >= 15 is 0 Å². The average Bonchev–Trinajstić information content (AvgIpc) is 2.57. The molecule has 3 rings (SSSR count). The molecule has 2 aliphatic heterocycles. The molecule has 2 amide bonds. The van der Waals surface area contributed by atoms with E-state index in [1.54, 1.807) is 0 Å². The van der Waals surface area contributed by atoms with Crippen molar-refractivity contribution in [2.75, 3.05) is 6.54 Å². The van der Waals surface area contributed by atoms with E-state index in [-0.39, 0.29) is 23.8 Å². The molecule has 1 fully saturated rings. The van der Waals surface area contributed by atoms with Crippen LogP contribution in [0, 0.1) is 5.92 Å². The molecular formula is C15H18N2O2. The Morgan fingerprint density at radius 1 is 1.21 bits per heavy atom. The molecule has 0 spiro atoms. The second-order valence-corrected chi connectivity index (χ2v) is 5.48. The molecule has 19 heavy (non-hydrogen) atoms. The lowest BCUT2D eigenvalue weighted by atomic mass is 9.90. The van der Waals surface area contributed by atoms with E-state index in [0.717, 1.165) is 36.8 Å². The van der Waals surface area contributed by atoms with E-state index in [9.17, 15) is 9.59 Å². The second kappa shape index (κ2) is 4.68. The van der Waals surface area contributed by atoms with Crippen molar-refractivity contribution in [3.8, 4) is 0 Å². The Morgan fingerprint density at radius 3 is 2.79 bits per heavy atom. The maximum atomic E-state index is 12.6. The predicted octanol–water partition coefficient (Wildman–Crippen LogP) is 1.34. The van der Waals surface area contributed by atoms with Crippen LogP contribution in [0.2, 0.25) is 0 Å². The van der Waals surface area contributed by atoms with Crippen LogP contribution in [-0.2, 0) is 11.2 Å². The second-order valence-electron chi connectivity index (χ2n) is 5.48. The number of nitrogens with zero attached hydrogens (tertiary/aromatic N) is 1.